The fourth-order valence-corrected chi connectivity index (χ4v) is 5.31. The van der Waals surface area contributed by atoms with Crippen molar-refractivity contribution in [1.82, 2.24) is 5.32 Å². The summed E-state index contributed by atoms with van der Waals surface area (Å²) < 4.78 is 5.56. The first-order valence-corrected chi connectivity index (χ1v) is 10.9. The van der Waals surface area contributed by atoms with Gasteiger partial charge in [-0.1, -0.05) is 43.8 Å². The Morgan fingerprint density at radius 3 is 2.79 bits per heavy atom. The summed E-state index contributed by atoms with van der Waals surface area (Å²) in [6, 6.07) is 9.90. The number of carbonyl (C=O) groups excluding carboxylic acids is 1. The number of nitrogens with one attached hydrogen (secondary N) is 1. The molecule has 29 heavy (non-hydrogen) atoms. The molecule has 1 amide bonds. The quantitative estimate of drug-likeness (QED) is 0.439. The molecule has 0 aromatic heterocycles. The molecule has 5 unspecified atom stereocenters. The SMILES string of the molecule is C=C1CC2CC(C)CC(O)C2(CCCNC(=O)CCOCc2ccccc2)C1O. The van der Waals surface area contributed by atoms with Crippen LogP contribution in [0.25, 0.3) is 0 Å². The van der Waals surface area contributed by atoms with Crippen molar-refractivity contribution in [3.63, 3.8) is 0 Å². The highest BCUT2D eigenvalue weighted by atomic mass is 16.5. The molecule has 2 aliphatic rings. The van der Waals surface area contributed by atoms with E-state index in [0.717, 1.165) is 36.8 Å². The second kappa shape index (κ2) is 9.88. The minimum atomic E-state index is -0.642. The molecule has 0 aliphatic heterocycles. The number of ether oxygens (including phenoxy) is 1. The van der Waals surface area contributed by atoms with Gasteiger partial charge in [-0.05, 0) is 55.1 Å². The number of amides is 1. The topological polar surface area (TPSA) is 78.8 Å². The Kier molecular flexibility index (Phi) is 7.49. The zero-order valence-electron chi connectivity index (χ0n) is 17.5. The Balaban J connectivity index is 1.38. The molecule has 5 atom stereocenters. The maximum Gasteiger partial charge on any atom is 0.222 e. The van der Waals surface area contributed by atoms with E-state index in [0.29, 0.717) is 38.5 Å². The van der Waals surface area contributed by atoms with E-state index in [1.807, 2.05) is 30.3 Å². The molecule has 2 saturated carbocycles. The summed E-state index contributed by atoms with van der Waals surface area (Å²) in [6.45, 7) is 7.66. The average molecular weight is 402 g/mol. The van der Waals surface area contributed by atoms with Gasteiger partial charge in [0.1, 0.15) is 0 Å². The third-order valence-corrected chi connectivity index (χ3v) is 6.79. The van der Waals surface area contributed by atoms with Gasteiger partial charge < -0.3 is 20.3 Å². The van der Waals surface area contributed by atoms with Crippen LogP contribution in [0, 0.1) is 17.3 Å². The minimum absolute atomic E-state index is 0.0266. The summed E-state index contributed by atoms with van der Waals surface area (Å²) in [6.07, 6.45) is 3.18. The molecular formula is C24H35NO4. The molecule has 5 heteroatoms. The van der Waals surface area contributed by atoms with Gasteiger partial charge in [0.05, 0.1) is 25.4 Å². The molecular weight excluding hydrogens is 366 g/mol. The summed E-state index contributed by atoms with van der Waals surface area (Å²) in [5.74, 6) is 0.726. The summed E-state index contributed by atoms with van der Waals surface area (Å²) >= 11 is 0. The third-order valence-electron chi connectivity index (χ3n) is 6.79. The highest BCUT2D eigenvalue weighted by molar-refractivity contribution is 5.75. The predicted octanol–water partition coefficient (Wildman–Crippen LogP) is 3.20. The third kappa shape index (κ3) is 5.08. The number of hydrogen-bond donors (Lipinski definition) is 3. The molecule has 3 rings (SSSR count). The Labute approximate surface area is 174 Å². The minimum Gasteiger partial charge on any atom is -0.392 e. The van der Waals surface area contributed by atoms with E-state index in [-0.39, 0.29) is 11.8 Å². The van der Waals surface area contributed by atoms with Gasteiger partial charge in [-0.3, -0.25) is 4.79 Å². The number of aliphatic hydroxyl groups excluding tert-OH is 2. The van der Waals surface area contributed by atoms with Crippen molar-refractivity contribution < 1.29 is 19.7 Å². The Morgan fingerprint density at radius 1 is 1.28 bits per heavy atom. The van der Waals surface area contributed by atoms with Crippen molar-refractivity contribution in [2.75, 3.05) is 13.2 Å². The molecule has 0 spiro atoms. The van der Waals surface area contributed by atoms with Crippen LogP contribution >= 0.6 is 0 Å². The predicted molar refractivity (Wildman–Crippen MR) is 113 cm³/mol. The first-order chi connectivity index (χ1) is 13.9. The zero-order chi connectivity index (χ0) is 20.9. The van der Waals surface area contributed by atoms with Crippen LogP contribution in [-0.2, 0) is 16.1 Å². The first-order valence-electron chi connectivity index (χ1n) is 10.9. The second-order valence-electron chi connectivity index (χ2n) is 8.91. The molecule has 160 valence electrons. The fraction of sp³-hybridized carbons (Fsp3) is 0.625. The highest BCUT2D eigenvalue weighted by Crippen LogP contribution is 2.57. The normalized spacial score (nSPS) is 31.5. The lowest BCUT2D eigenvalue weighted by molar-refractivity contribution is -0.122. The van der Waals surface area contributed by atoms with Gasteiger partial charge in [-0.2, -0.15) is 0 Å². The van der Waals surface area contributed by atoms with E-state index in [9.17, 15) is 15.0 Å². The van der Waals surface area contributed by atoms with E-state index in [4.69, 9.17) is 4.74 Å². The largest absolute Gasteiger partial charge is 0.392 e. The number of benzene rings is 1. The lowest BCUT2D eigenvalue weighted by atomic mass is 9.60. The number of aliphatic hydroxyl groups is 2. The van der Waals surface area contributed by atoms with Gasteiger partial charge in [0, 0.05) is 18.4 Å². The number of hydrogen-bond acceptors (Lipinski definition) is 4. The van der Waals surface area contributed by atoms with Gasteiger partial charge in [0.25, 0.3) is 0 Å². The Bertz CT molecular complexity index is 691. The van der Waals surface area contributed by atoms with Gasteiger partial charge in [0.2, 0.25) is 5.91 Å². The van der Waals surface area contributed by atoms with Crippen LogP contribution in [0.2, 0.25) is 0 Å². The van der Waals surface area contributed by atoms with Crippen LogP contribution in [0.1, 0.15) is 51.0 Å². The van der Waals surface area contributed by atoms with Crippen LogP contribution in [0.5, 0.6) is 0 Å². The molecule has 1 aromatic carbocycles. The monoisotopic (exact) mass is 401 g/mol. The summed E-state index contributed by atoms with van der Waals surface area (Å²) in [4.78, 5) is 12.1. The van der Waals surface area contributed by atoms with Gasteiger partial charge in [-0.25, -0.2) is 0 Å². The molecule has 0 heterocycles. The molecule has 0 radical (unpaired) electrons. The fourth-order valence-electron chi connectivity index (χ4n) is 5.31. The van der Waals surface area contributed by atoms with E-state index in [1.54, 1.807) is 0 Å². The molecule has 2 fully saturated rings. The van der Waals surface area contributed by atoms with Crippen LogP contribution in [0.4, 0.5) is 0 Å². The average Bonchev–Trinajstić information content (AvgIpc) is 2.94. The zero-order valence-corrected chi connectivity index (χ0v) is 17.5. The molecule has 5 nitrogen and oxygen atoms in total. The smallest absolute Gasteiger partial charge is 0.222 e. The van der Waals surface area contributed by atoms with Gasteiger partial charge >= 0.3 is 0 Å². The summed E-state index contributed by atoms with van der Waals surface area (Å²) in [5.41, 5.74) is 1.45. The summed E-state index contributed by atoms with van der Waals surface area (Å²) in [5, 5.41) is 24.6. The molecule has 0 bridgehead atoms. The highest BCUT2D eigenvalue weighted by Gasteiger charge is 2.57. The Morgan fingerprint density at radius 2 is 2.03 bits per heavy atom. The Hall–Kier alpha value is -1.69. The molecule has 3 N–H and O–H groups in total. The molecule has 0 saturated heterocycles. The standard InChI is InChI=1S/C24H35NO4/c1-17-13-20-15-18(2)23(28)24(20,21(26)14-17)10-6-11-25-22(27)9-12-29-16-19-7-4-3-5-8-19/h3-5,7-8,17,20-21,23,26,28H,2,6,9-16H2,1H3,(H,25,27). The van der Waals surface area contributed by atoms with Crippen LogP contribution in [-0.4, -0.2) is 41.5 Å². The maximum absolute atomic E-state index is 12.1. The maximum atomic E-state index is 12.1. The first kappa shape index (κ1) is 22.0. The van der Waals surface area contributed by atoms with Crippen molar-refractivity contribution in [2.45, 2.75) is 64.3 Å². The van der Waals surface area contributed by atoms with Crippen molar-refractivity contribution in [3.05, 3.63) is 48.0 Å². The van der Waals surface area contributed by atoms with E-state index >= 15 is 0 Å². The van der Waals surface area contributed by atoms with Crippen LogP contribution in [0.15, 0.2) is 42.5 Å². The van der Waals surface area contributed by atoms with E-state index in [1.165, 1.54) is 0 Å². The van der Waals surface area contributed by atoms with Crippen molar-refractivity contribution in [1.29, 1.82) is 0 Å². The van der Waals surface area contributed by atoms with E-state index < -0.39 is 17.6 Å². The second-order valence-corrected chi connectivity index (χ2v) is 8.91. The number of fused-ring (bicyclic) bond motifs is 1. The summed E-state index contributed by atoms with van der Waals surface area (Å²) in [7, 11) is 0. The number of rotatable bonds is 9. The lowest BCUT2D eigenvalue weighted by Gasteiger charge is -2.47. The van der Waals surface area contributed by atoms with Gasteiger partial charge in [-0.15, -0.1) is 0 Å². The van der Waals surface area contributed by atoms with Crippen LogP contribution in [0.3, 0.4) is 0 Å². The van der Waals surface area contributed by atoms with Crippen molar-refractivity contribution >= 4 is 5.91 Å². The molecule has 2 aliphatic carbocycles. The van der Waals surface area contributed by atoms with Crippen molar-refractivity contribution in [2.24, 2.45) is 17.3 Å². The lowest BCUT2D eigenvalue weighted by Crippen LogP contribution is -2.50. The molecule has 1 aromatic rings. The van der Waals surface area contributed by atoms with Gasteiger partial charge in [0.15, 0.2) is 0 Å². The van der Waals surface area contributed by atoms with Crippen molar-refractivity contribution in [3.8, 4) is 0 Å². The van der Waals surface area contributed by atoms with Crippen LogP contribution < -0.4 is 5.32 Å². The van der Waals surface area contributed by atoms with E-state index in [2.05, 4.69) is 18.8 Å². The number of carbonyl (C=O) groups is 1.